The Morgan fingerprint density at radius 3 is 2.20 bits per heavy atom. The van der Waals surface area contributed by atoms with Gasteiger partial charge in [0.2, 0.25) is 14.2 Å². The minimum Gasteiger partial charge on any atom is -0.544 e. The molecule has 0 aliphatic carbocycles. The molecule has 1 aromatic heterocycles. The zero-order chi connectivity index (χ0) is 29.9. The Kier molecular flexibility index (Phi) is 9.96. The topological polar surface area (TPSA) is 92.5 Å². The SMILES string of the molecule is CN[C@H](Cc1c(Br)[nH]c2ccccc12)C(=O)N[C@H](CC(=O)OC(C)(C)C)c1ccc(O[Si](C)(C)C(C)(C)C)cc1. The number of rotatable bonds is 10. The number of hydrogen-bond acceptors (Lipinski definition) is 5. The molecule has 9 heteroatoms. The molecular weight excluding hydrogens is 586 g/mol. The molecule has 2 atom stereocenters. The van der Waals surface area contributed by atoms with Gasteiger partial charge in [0.15, 0.2) is 0 Å². The molecule has 0 unspecified atom stereocenters. The van der Waals surface area contributed by atoms with Gasteiger partial charge in [-0.25, -0.2) is 0 Å². The molecule has 7 nitrogen and oxygen atoms in total. The maximum absolute atomic E-state index is 13.6. The van der Waals surface area contributed by atoms with Gasteiger partial charge in [-0.05, 0) is 97.6 Å². The first kappa shape index (κ1) is 31.9. The van der Waals surface area contributed by atoms with Gasteiger partial charge in [0, 0.05) is 10.9 Å². The quantitative estimate of drug-likeness (QED) is 0.165. The number of likely N-dealkylation sites (N-methyl/N-ethyl adjacent to an activating group) is 1. The van der Waals surface area contributed by atoms with E-state index in [0.29, 0.717) is 6.42 Å². The molecule has 3 N–H and O–H groups in total. The summed E-state index contributed by atoms with van der Waals surface area (Å²) in [5, 5.41) is 7.39. The van der Waals surface area contributed by atoms with Crippen molar-refractivity contribution in [1.82, 2.24) is 15.6 Å². The molecule has 3 rings (SSSR count). The minimum atomic E-state index is -2.00. The average molecular weight is 631 g/mol. The lowest BCUT2D eigenvalue weighted by molar-refractivity contribution is -0.155. The molecule has 40 heavy (non-hydrogen) atoms. The highest BCUT2D eigenvalue weighted by Crippen LogP contribution is 2.37. The normalized spacial score (nSPS) is 14.1. The fourth-order valence-electron chi connectivity index (χ4n) is 4.19. The second-order valence-corrected chi connectivity index (χ2v) is 18.3. The second-order valence-electron chi connectivity index (χ2n) is 12.8. The summed E-state index contributed by atoms with van der Waals surface area (Å²) in [6.07, 6.45) is 0.476. The van der Waals surface area contributed by atoms with E-state index in [2.05, 4.69) is 65.4 Å². The Morgan fingerprint density at radius 1 is 1.00 bits per heavy atom. The van der Waals surface area contributed by atoms with E-state index in [4.69, 9.17) is 9.16 Å². The van der Waals surface area contributed by atoms with Crippen LogP contribution in [-0.4, -0.2) is 43.9 Å². The van der Waals surface area contributed by atoms with Crippen molar-refractivity contribution < 1.29 is 18.8 Å². The van der Waals surface area contributed by atoms with E-state index in [1.807, 2.05) is 69.3 Å². The molecule has 218 valence electrons. The van der Waals surface area contributed by atoms with Crippen LogP contribution in [0, 0.1) is 0 Å². The van der Waals surface area contributed by atoms with Crippen molar-refractivity contribution in [1.29, 1.82) is 0 Å². The maximum atomic E-state index is 13.6. The molecule has 0 spiro atoms. The van der Waals surface area contributed by atoms with Crippen LogP contribution >= 0.6 is 15.9 Å². The van der Waals surface area contributed by atoms with Crippen LogP contribution in [-0.2, 0) is 20.7 Å². The van der Waals surface area contributed by atoms with Crippen LogP contribution in [0.3, 0.4) is 0 Å². The third-order valence-electron chi connectivity index (χ3n) is 7.40. The minimum absolute atomic E-state index is 0.0126. The molecule has 0 bridgehead atoms. The Labute approximate surface area is 248 Å². The molecule has 3 aromatic rings. The number of H-pyrrole nitrogens is 1. The standard InChI is InChI=1S/C31H44BrN3O4Si/c1-30(2,3)38-27(36)19-25(20-14-16-21(17-15-20)39-40(8,9)31(4,5)6)35-29(37)26(33-7)18-23-22-12-10-11-13-24(22)34-28(23)32/h10-17,25-26,33-34H,18-19H2,1-9H3,(H,35,37)/t25-,26-/m1/s1. The van der Waals surface area contributed by atoms with E-state index >= 15 is 0 Å². The molecule has 0 aliphatic rings. The number of benzene rings is 2. The zero-order valence-corrected chi connectivity index (χ0v) is 27.8. The summed E-state index contributed by atoms with van der Waals surface area (Å²) in [6.45, 7) is 16.5. The molecule has 0 aliphatic heterocycles. The highest BCUT2D eigenvalue weighted by atomic mass is 79.9. The smallest absolute Gasteiger partial charge is 0.308 e. The van der Waals surface area contributed by atoms with Gasteiger partial charge >= 0.3 is 5.97 Å². The second kappa shape index (κ2) is 12.5. The number of esters is 1. The van der Waals surface area contributed by atoms with Gasteiger partial charge in [0.05, 0.1) is 23.1 Å². The number of fused-ring (bicyclic) bond motifs is 1. The van der Waals surface area contributed by atoms with Crippen LogP contribution in [0.25, 0.3) is 10.9 Å². The first-order valence-electron chi connectivity index (χ1n) is 13.7. The van der Waals surface area contributed by atoms with E-state index in [1.54, 1.807) is 7.05 Å². The number of amides is 1. The van der Waals surface area contributed by atoms with Gasteiger partial charge < -0.3 is 24.8 Å². The van der Waals surface area contributed by atoms with Crippen LogP contribution in [0.5, 0.6) is 5.75 Å². The van der Waals surface area contributed by atoms with Crippen molar-refractivity contribution in [2.75, 3.05) is 7.05 Å². The van der Waals surface area contributed by atoms with Crippen LogP contribution < -0.4 is 15.1 Å². The summed E-state index contributed by atoms with van der Waals surface area (Å²) >= 11 is 3.62. The van der Waals surface area contributed by atoms with Gasteiger partial charge in [-0.15, -0.1) is 0 Å². The number of carbonyl (C=O) groups excluding carboxylic acids is 2. The van der Waals surface area contributed by atoms with Gasteiger partial charge in [-0.3, -0.25) is 9.59 Å². The Balaban J connectivity index is 1.84. The molecule has 0 saturated heterocycles. The fraction of sp³-hybridized carbons (Fsp3) is 0.484. The van der Waals surface area contributed by atoms with Crippen LogP contribution in [0.1, 0.15) is 65.1 Å². The average Bonchev–Trinajstić information content (AvgIpc) is 3.15. The van der Waals surface area contributed by atoms with Crippen molar-refractivity contribution in [2.24, 2.45) is 0 Å². The summed E-state index contributed by atoms with van der Waals surface area (Å²) in [6, 6.07) is 14.6. The van der Waals surface area contributed by atoms with Crippen LogP contribution in [0.15, 0.2) is 53.1 Å². The van der Waals surface area contributed by atoms with Gasteiger partial charge in [-0.1, -0.05) is 51.1 Å². The first-order valence-corrected chi connectivity index (χ1v) is 17.4. The Morgan fingerprint density at radius 2 is 1.62 bits per heavy atom. The highest BCUT2D eigenvalue weighted by Gasteiger charge is 2.39. The van der Waals surface area contributed by atoms with Crippen molar-refractivity contribution in [2.45, 2.75) is 90.2 Å². The molecule has 1 amide bonds. The molecule has 0 fully saturated rings. The van der Waals surface area contributed by atoms with E-state index in [0.717, 1.165) is 32.4 Å². The first-order chi connectivity index (χ1) is 18.5. The summed E-state index contributed by atoms with van der Waals surface area (Å²) < 4.78 is 12.9. The molecular formula is C31H44BrN3O4Si. The highest BCUT2D eigenvalue weighted by molar-refractivity contribution is 9.10. The number of nitrogens with one attached hydrogen (secondary N) is 3. The maximum Gasteiger partial charge on any atom is 0.308 e. The third-order valence-corrected chi connectivity index (χ3v) is 12.4. The lowest BCUT2D eigenvalue weighted by Crippen LogP contribution is -2.46. The summed E-state index contributed by atoms with van der Waals surface area (Å²) in [4.78, 5) is 29.8. The number of halogens is 1. The zero-order valence-electron chi connectivity index (χ0n) is 25.2. The predicted octanol–water partition coefficient (Wildman–Crippen LogP) is 7.03. The van der Waals surface area contributed by atoms with E-state index in [1.165, 1.54) is 0 Å². The van der Waals surface area contributed by atoms with Crippen molar-refractivity contribution in [3.63, 3.8) is 0 Å². The van der Waals surface area contributed by atoms with Crippen LogP contribution in [0.2, 0.25) is 18.1 Å². The number of aromatic nitrogens is 1. The van der Waals surface area contributed by atoms with Gasteiger partial charge in [0.1, 0.15) is 11.4 Å². The molecule has 1 heterocycles. The lowest BCUT2D eigenvalue weighted by atomic mass is 10.0. The number of ether oxygens (including phenoxy) is 1. The Bertz CT molecular complexity index is 1320. The van der Waals surface area contributed by atoms with E-state index < -0.39 is 26.0 Å². The largest absolute Gasteiger partial charge is 0.544 e. The molecule has 0 radical (unpaired) electrons. The van der Waals surface area contributed by atoms with Crippen molar-refractivity contribution >= 4 is 47.0 Å². The van der Waals surface area contributed by atoms with Crippen molar-refractivity contribution in [3.05, 3.63) is 64.3 Å². The summed E-state index contributed by atoms with van der Waals surface area (Å²) in [5.41, 5.74) is 2.20. The van der Waals surface area contributed by atoms with Crippen molar-refractivity contribution in [3.8, 4) is 5.75 Å². The number of aromatic amines is 1. The third kappa shape index (κ3) is 8.21. The Hall–Kier alpha value is -2.62. The summed E-state index contributed by atoms with van der Waals surface area (Å²) in [7, 11) is -0.237. The van der Waals surface area contributed by atoms with E-state index in [-0.39, 0.29) is 23.3 Å². The molecule has 2 aromatic carbocycles. The fourth-order valence-corrected chi connectivity index (χ4v) is 5.81. The number of hydrogen-bond donors (Lipinski definition) is 3. The monoisotopic (exact) mass is 629 g/mol. The summed E-state index contributed by atoms with van der Waals surface area (Å²) in [5.74, 6) is 0.213. The number of para-hydroxylation sites is 1. The van der Waals surface area contributed by atoms with Crippen LogP contribution in [0.4, 0.5) is 0 Å². The van der Waals surface area contributed by atoms with E-state index in [9.17, 15) is 9.59 Å². The lowest BCUT2D eigenvalue weighted by Gasteiger charge is -2.36. The predicted molar refractivity (Wildman–Crippen MR) is 168 cm³/mol. The van der Waals surface area contributed by atoms with Gasteiger partial charge in [-0.2, -0.15) is 0 Å². The molecule has 0 saturated carbocycles. The number of carbonyl (C=O) groups is 2. The van der Waals surface area contributed by atoms with Gasteiger partial charge in [0.25, 0.3) is 0 Å².